The number of hydrogen-bond acceptors (Lipinski definition) is 7. The number of ether oxygens (including phenoxy) is 2. The van der Waals surface area contributed by atoms with Crippen LogP contribution in [0.2, 0.25) is 0 Å². The topological polar surface area (TPSA) is 108 Å². The number of unbranched alkanes of at least 4 members (excludes halogenated alkanes) is 18. The third-order valence-corrected chi connectivity index (χ3v) is 13.8. The number of rotatable bonds is 56. The maximum atomic E-state index is 12.8. The maximum absolute atomic E-state index is 12.8. The highest BCUT2D eigenvalue weighted by molar-refractivity contribution is 7.47. The molecule has 10 heteroatoms. The van der Waals surface area contributed by atoms with Gasteiger partial charge in [-0.15, -0.1) is 0 Å². The van der Waals surface area contributed by atoms with Gasteiger partial charge in [0.2, 0.25) is 0 Å². The number of carbonyl (C=O) groups excluding carboxylic acids is 2. The first-order valence-electron chi connectivity index (χ1n) is 31.6. The van der Waals surface area contributed by atoms with Gasteiger partial charge in [-0.3, -0.25) is 18.6 Å². The van der Waals surface area contributed by atoms with E-state index in [0.717, 1.165) is 135 Å². The number of nitrogens with zero attached hydrogens (tertiary/aromatic N) is 1. The van der Waals surface area contributed by atoms with Crippen LogP contribution in [0.25, 0.3) is 0 Å². The summed E-state index contributed by atoms with van der Waals surface area (Å²) in [6, 6.07) is 0. The van der Waals surface area contributed by atoms with E-state index in [9.17, 15) is 19.0 Å². The van der Waals surface area contributed by atoms with Crippen molar-refractivity contribution in [2.45, 2.75) is 238 Å². The molecule has 0 saturated carbocycles. The predicted octanol–water partition coefficient (Wildman–Crippen LogP) is 20.3. The molecule has 80 heavy (non-hydrogen) atoms. The molecule has 1 N–H and O–H groups in total. The second-order valence-electron chi connectivity index (χ2n) is 21.7. The molecule has 0 aromatic heterocycles. The van der Waals surface area contributed by atoms with E-state index in [1.54, 1.807) is 0 Å². The molecule has 0 aromatic carbocycles. The first kappa shape index (κ1) is 75.9. The van der Waals surface area contributed by atoms with Crippen LogP contribution in [0.4, 0.5) is 0 Å². The number of hydrogen-bond donors (Lipinski definition) is 1. The number of esters is 2. The van der Waals surface area contributed by atoms with Crippen LogP contribution < -0.4 is 0 Å². The average Bonchev–Trinajstić information content (AvgIpc) is 3.42. The van der Waals surface area contributed by atoms with Gasteiger partial charge < -0.3 is 18.9 Å². The molecular formula is C70H117NO8P+. The zero-order valence-electron chi connectivity index (χ0n) is 51.5. The Morgan fingerprint density at radius 1 is 0.400 bits per heavy atom. The minimum atomic E-state index is -4.40. The first-order chi connectivity index (χ1) is 39.0. The molecule has 0 spiro atoms. The van der Waals surface area contributed by atoms with Gasteiger partial charge in [0, 0.05) is 12.8 Å². The molecule has 0 fully saturated rings. The fourth-order valence-corrected chi connectivity index (χ4v) is 8.76. The summed E-state index contributed by atoms with van der Waals surface area (Å²) >= 11 is 0. The summed E-state index contributed by atoms with van der Waals surface area (Å²) in [5.41, 5.74) is 0. The van der Waals surface area contributed by atoms with Crippen molar-refractivity contribution in [2.24, 2.45) is 0 Å². The van der Waals surface area contributed by atoms with Gasteiger partial charge in [0.25, 0.3) is 0 Å². The lowest BCUT2D eigenvalue weighted by Gasteiger charge is -2.24. The molecule has 0 amide bonds. The number of likely N-dealkylation sites (N-methyl/N-ethyl adjacent to an activating group) is 1. The van der Waals surface area contributed by atoms with E-state index in [0.29, 0.717) is 17.4 Å². The van der Waals surface area contributed by atoms with Crippen LogP contribution in [0.5, 0.6) is 0 Å². The number of allylic oxidation sites excluding steroid dienone is 24. The smallest absolute Gasteiger partial charge is 0.462 e. The quantitative estimate of drug-likeness (QED) is 0.0211. The van der Waals surface area contributed by atoms with E-state index in [1.165, 1.54) is 64.2 Å². The summed E-state index contributed by atoms with van der Waals surface area (Å²) in [5, 5.41) is 0. The van der Waals surface area contributed by atoms with Gasteiger partial charge in [-0.05, 0) is 122 Å². The standard InChI is InChI=1S/C70H116NO8P/c1-6-8-10-12-14-16-18-20-22-24-25-26-27-28-29-30-31-32-33-34-35-36-37-38-39-40-41-42-43-44-45-47-49-51-53-55-57-59-61-63-70(73)79-68(67-78-80(74,75)77-65-64-71(3,4)5)66-76-69(72)62-60-58-56-54-52-50-48-46-23-21-19-17-15-13-11-9-7-2/h8,10,14,16,20-23,25-26,28-29,31-32,34-35,37-38,40-41,43-44,47,49,68H,6-7,9,11-13,15,17-19,24,27,30,33,36,39,42,45-46,48,50-67H2,1-5H3/p+1/b10-8-,16-14-,22-20-,23-21-,26-25-,29-28-,32-31-,35-34-,38-37-,41-40-,44-43-,49-47-. The Morgan fingerprint density at radius 2 is 0.713 bits per heavy atom. The SMILES string of the molecule is CC/C=C\C/C=C\C/C=C\C/C=C\C/C=C\C/C=C\C/C=C\C/C=C\C/C=C\C/C=C\C/C=C\CCCCCCCC(=O)OC(COC(=O)CCCCCCCCC/C=C\CCCCCCCC)COP(=O)(O)OCC[N+](C)(C)C. The molecule has 0 saturated heterocycles. The molecular weight excluding hydrogens is 1010 g/mol. The van der Waals surface area contributed by atoms with Crippen molar-refractivity contribution in [1.29, 1.82) is 0 Å². The Morgan fingerprint density at radius 3 is 1.07 bits per heavy atom. The Labute approximate surface area is 491 Å². The molecule has 0 radical (unpaired) electrons. The molecule has 2 atom stereocenters. The molecule has 0 rings (SSSR count). The van der Waals surface area contributed by atoms with Crippen molar-refractivity contribution in [3.63, 3.8) is 0 Å². The summed E-state index contributed by atoms with van der Waals surface area (Å²) in [4.78, 5) is 35.7. The van der Waals surface area contributed by atoms with E-state index in [-0.39, 0.29) is 32.0 Å². The van der Waals surface area contributed by atoms with E-state index >= 15 is 0 Å². The summed E-state index contributed by atoms with van der Waals surface area (Å²) in [5.74, 6) is -0.833. The largest absolute Gasteiger partial charge is 0.472 e. The van der Waals surface area contributed by atoms with E-state index < -0.39 is 26.5 Å². The third-order valence-electron chi connectivity index (χ3n) is 12.9. The fraction of sp³-hybridized carbons (Fsp3) is 0.629. The number of carbonyl (C=O) groups is 2. The van der Waals surface area contributed by atoms with Crippen molar-refractivity contribution in [2.75, 3.05) is 47.5 Å². The Hall–Kier alpha value is -4.11. The number of quaternary nitrogens is 1. The lowest BCUT2D eigenvalue weighted by Crippen LogP contribution is -2.37. The second kappa shape index (κ2) is 59.5. The molecule has 0 heterocycles. The highest BCUT2D eigenvalue weighted by Gasteiger charge is 2.27. The van der Waals surface area contributed by atoms with Gasteiger partial charge in [-0.1, -0.05) is 243 Å². The van der Waals surface area contributed by atoms with Gasteiger partial charge in [0.15, 0.2) is 6.10 Å². The second-order valence-corrected chi connectivity index (χ2v) is 23.2. The predicted molar refractivity (Wildman–Crippen MR) is 343 cm³/mol. The molecule has 0 bridgehead atoms. The van der Waals surface area contributed by atoms with Crippen LogP contribution in [-0.4, -0.2) is 74.9 Å². The third kappa shape index (κ3) is 63.1. The van der Waals surface area contributed by atoms with Gasteiger partial charge >= 0.3 is 19.8 Å². The van der Waals surface area contributed by atoms with Crippen molar-refractivity contribution in [3.8, 4) is 0 Å². The zero-order chi connectivity index (χ0) is 58.4. The van der Waals surface area contributed by atoms with Crippen molar-refractivity contribution < 1.29 is 42.1 Å². The normalized spacial score (nSPS) is 14.2. The Kier molecular flexibility index (Phi) is 56.5. The van der Waals surface area contributed by atoms with E-state index in [1.807, 2.05) is 21.1 Å². The summed E-state index contributed by atoms with van der Waals surface area (Å²) in [6.07, 6.45) is 87.8. The van der Waals surface area contributed by atoms with E-state index in [2.05, 4.69) is 160 Å². The molecule has 0 aromatic rings. The van der Waals surface area contributed by atoms with Crippen LogP contribution in [0, 0.1) is 0 Å². The van der Waals surface area contributed by atoms with Crippen molar-refractivity contribution in [1.82, 2.24) is 0 Å². The summed E-state index contributed by atoms with van der Waals surface area (Å²) in [6.45, 7) is 4.27. The molecule has 0 aliphatic heterocycles. The monoisotopic (exact) mass is 1130 g/mol. The maximum Gasteiger partial charge on any atom is 0.472 e. The minimum absolute atomic E-state index is 0.0197. The lowest BCUT2D eigenvalue weighted by atomic mass is 10.1. The van der Waals surface area contributed by atoms with Gasteiger partial charge in [0.1, 0.15) is 19.8 Å². The van der Waals surface area contributed by atoms with Crippen LogP contribution in [0.1, 0.15) is 232 Å². The lowest BCUT2D eigenvalue weighted by molar-refractivity contribution is -0.870. The first-order valence-corrected chi connectivity index (χ1v) is 33.1. The van der Waals surface area contributed by atoms with Gasteiger partial charge in [-0.2, -0.15) is 0 Å². The fourth-order valence-electron chi connectivity index (χ4n) is 8.01. The van der Waals surface area contributed by atoms with Crippen LogP contribution in [0.15, 0.2) is 146 Å². The zero-order valence-corrected chi connectivity index (χ0v) is 52.4. The van der Waals surface area contributed by atoms with Crippen LogP contribution in [0.3, 0.4) is 0 Å². The molecule has 454 valence electrons. The molecule has 0 aliphatic rings. The van der Waals surface area contributed by atoms with Crippen molar-refractivity contribution >= 4 is 19.8 Å². The van der Waals surface area contributed by atoms with Crippen molar-refractivity contribution in [3.05, 3.63) is 146 Å². The Balaban J connectivity index is 4.19. The molecule has 2 unspecified atom stereocenters. The van der Waals surface area contributed by atoms with Gasteiger partial charge in [-0.25, -0.2) is 4.57 Å². The summed E-state index contributed by atoms with van der Waals surface area (Å²) in [7, 11) is 1.44. The highest BCUT2D eigenvalue weighted by Crippen LogP contribution is 2.43. The van der Waals surface area contributed by atoms with Crippen LogP contribution in [-0.2, 0) is 32.7 Å². The minimum Gasteiger partial charge on any atom is -0.462 e. The molecule has 9 nitrogen and oxygen atoms in total. The highest BCUT2D eigenvalue weighted by atomic mass is 31.2. The van der Waals surface area contributed by atoms with E-state index in [4.69, 9.17) is 18.5 Å². The number of phosphoric acid groups is 1. The average molecular weight is 1130 g/mol. The summed E-state index contributed by atoms with van der Waals surface area (Å²) < 4.78 is 34.5. The Bertz CT molecular complexity index is 1860. The van der Waals surface area contributed by atoms with Crippen LogP contribution >= 0.6 is 7.82 Å². The number of phosphoric ester groups is 1. The van der Waals surface area contributed by atoms with Gasteiger partial charge in [0.05, 0.1) is 27.7 Å². The molecule has 0 aliphatic carbocycles.